The van der Waals surface area contributed by atoms with Gasteiger partial charge in [0.05, 0.1) is 23.4 Å². The molecule has 1 aromatic carbocycles. The van der Waals surface area contributed by atoms with Crippen molar-refractivity contribution in [2.75, 3.05) is 25.5 Å². The van der Waals surface area contributed by atoms with Crippen LogP contribution in [0.15, 0.2) is 24.3 Å². The molecule has 0 radical (unpaired) electrons. The van der Waals surface area contributed by atoms with Gasteiger partial charge in [0.2, 0.25) is 5.91 Å². The van der Waals surface area contributed by atoms with Gasteiger partial charge in [-0.2, -0.15) is 0 Å². The summed E-state index contributed by atoms with van der Waals surface area (Å²) in [4.78, 5) is 18.2. The number of aliphatic hydroxyl groups excluding tert-OH is 1. The number of aromatic nitrogens is 1. The van der Waals surface area contributed by atoms with Crippen LogP contribution < -0.4 is 5.32 Å². The third-order valence-corrected chi connectivity index (χ3v) is 4.29. The smallest absolute Gasteiger partial charge is 0.240 e. The molecule has 1 heterocycles. The van der Waals surface area contributed by atoms with Crippen molar-refractivity contribution < 1.29 is 9.90 Å². The number of hydrogen-bond donors (Lipinski definition) is 2. The van der Waals surface area contributed by atoms with E-state index in [0.717, 1.165) is 10.2 Å². The fourth-order valence-electron chi connectivity index (χ4n) is 1.63. The quantitative estimate of drug-likeness (QED) is 0.884. The number of likely N-dealkylation sites (N-methyl/N-ethyl adjacent to an activating group) is 1. The molecule has 0 saturated carbocycles. The van der Waals surface area contributed by atoms with E-state index in [1.165, 1.54) is 11.3 Å². The number of thiazole rings is 1. The zero-order valence-electron chi connectivity index (χ0n) is 11.9. The van der Waals surface area contributed by atoms with Gasteiger partial charge in [-0.15, -0.1) is 0 Å². The second kappa shape index (κ2) is 5.87. The molecule has 0 atom stereocenters. The molecule has 0 unspecified atom stereocenters. The fraction of sp³-hybridized carbons (Fsp3) is 0.429. The van der Waals surface area contributed by atoms with Crippen LogP contribution in [0.3, 0.4) is 0 Å². The number of aliphatic hydroxyl groups is 1. The van der Waals surface area contributed by atoms with E-state index >= 15 is 0 Å². The molecule has 5 nitrogen and oxygen atoms in total. The van der Waals surface area contributed by atoms with Crippen molar-refractivity contribution in [1.82, 2.24) is 9.88 Å². The standard InChI is InChI=1S/C14H19N3O2S/c1-14(2,9-18)17(3)8-12(19)16-13-15-10-6-4-5-7-11(10)20-13/h4-7,18H,8-9H2,1-3H3,(H,15,16,19). The van der Waals surface area contributed by atoms with Gasteiger partial charge in [-0.05, 0) is 33.0 Å². The topological polar surface area (TPSA) is 65.5 Å². The third-order valence-electron chi connectivity index (χ3n) is 3.34. The predicted octanol–water partition coefficient (Wildman–Crippen LogP) is 1.94. The van der Waals surface area contributed by atoms with Gasteiger partial charge in [0.15, 0.2) is 5.13 Å². The molecule has 2 aromatic rings. The number of anilines is 1. The Balaban J connectivity index is 2.01. The fourth-order valence-corrected chi connectivity index (χ4v) is 2.52. The van der Waals surface area contributed by atoms with Crippen molar-refractivity contribution in [2.24, 2.45) is 0 Å². The number of hydrogen-bond acceptors (Lipinski definition) is 5. The van der Waals surface area contributed by atoms with Gasteiger partial charge in [0.1, 0.15) is 0 Å². The number of nitrogens with zero attached hydrogens (tertiary/aromatic N) is 2. The summed E-state index contributed by atoms with van der Waals surface area (Å²) >= 11 is 1.45. The maximum atomic E-state index is 12.0. The van der Waals surface area contributed by atoms with Crippen LogP contribution in [-0.2, 0) is 4.79 Å². The Kier molecular flexibility index (Phi) is 4.37. The summed E-state index contributed by atoms with van der Waals surface area (Å²) in [6.07, 6.45) is 0. The maximum absolute atomic E-state index is 12.0. The predicted molar refractivity (Wildman–Crippen MR) is 82.0 cm³/mol. The van der Waals surface area contributed by atoms with Gasteiger partial charge >= 0.3 is 0 Å². The summed E-state index contributed by atoms with van der Waals surface area (Å²) in [6, 6.07) is 7.76. The number of carbonyl (C=O) groups is 1. The zero-order chi connectivity index (χ0) is 14.8. The second-order valence-corrected chi connectivity index (χ2v) is 6.39. The minimum Gasteiger partial charge on any atom is -0.394 e. The summed E-state index contributed by atoms with van der Waals surface area (Å²) in [5.74, 6) is -0.131. The van der Waals surface area contributed by atoms with Crippen molar-refractivity contribution in [1.29, 1.82) is 0 Å². The Labute approximate surface area is 122 Å². The molecule has 0 aliphatic heterocycles. The monoisotopic (exact) mass is 293 g/mol. The van der Waals surface area contributed by atoms with E-state index in [2.05, 4.69) is 10.3 Å². The van der Waals surface area contributed by atoms with Gasteiger partial charge < -0.3 is 10.4 Å². The minimum atomic E-state index is -0.426. The van der Waals surface area contributed by atoms with Crippen LogP contribution in [0.1, 0.15) is 13.8 Å². The van der Waals surface area contributed by atoms with Crippen LogP contribution >= 0.6 is 11.3 Å². The van der Waals surface area contributed by atoms with Crippen LogP contribution in [0.2, 0.25) is 0 Å². The number of rotatable bonds is 5. The summed E-state index contributed by atoms with van der Waals surface area (Å²) in [6.45, 7) is 3.98. The Morgan fingerprint density at radius 3 is 2.80 bits per heavy atom. The minimum absolute atomic E-state index is 0.00207. The number of benzene rings is 1. The maximum Gasteiger partial charge on any atom is 0.240 e. The molecule has 0 fully saturated rings. The van der Waals surface area contributed by atoms with E-state index in [9.17, 15) is 9.90 Å². The molecule has 108 valence electrons. The Hall–Kier alpha value is -1.50. The van der Waals surface area contributed by atoms with Crippen LogP contribution in [0.5, 0.6) is 0 Å². The molecule has 1 aromatic heterocycles. The molecule has 0 bridgehead atoms. The SMILES string of the molecule is CN(CC(=O)Nc1nc2ccccc2s1)C(C)(C)CO. The first-order valence-corrected chi connectivity index (χ1v) is 7.21. The molecule has 0 aliphatic carbocycles. The first kappa shape index (κ1) is 14.9. The van der Waals surface area contributed by atoms with Gasteiger partial charge in [-0.1, -0.05) is 23.5 Å². The molecule has 1 amide bonds. The number of nitrogens with one attached hydrogen (secondary N) is 1. The van der Waals surface area contributed by atoms with Crippen molar-refractivity contribution in [3.8, 4) is 0 Å². The van der Waals surface area contributed by atoms with Crippen molar-refractivity contribution in [3.05, 3.63) is 24.3 Å². The van der Waals surface area contributed by atoms with Crippen LogP contribution in [0, 0.1) is 0 Å². The first-order chi connectivity index (χ1) is 9.42. The van der Waals surface area contributed by atoms with E-state index in [4.69, 9.17) is 0 Å². The van der Waals surface area contributed by atoms with Gasteiger partial charge in [-0.3, -0.25) is 9.69 Å². The number of carbonyl (C=O) groups excluding carboxylic acids is 1. The average Bonchev–Trinajstić information content (AvgIpc) is 2.80. The Morgan fingerprint density at radius 2 is 2.15 bits per heavy atom. The van der Waals surface area contributed by atoms with Crippen LogP contribution in [0.4, 0.5) is 5.13 Å². The van der Waals surface area contributed by atoms with Crippen molar-refractivity contribution >= 4 is 32.6 Å². The number of amides is 1. The van der Waals surface area contributed by atoms with Crippen LogP contribution in [0.25, 0.3) is 10.2 Å². The highest BCUT2D eigenvalue weighted by Gasteiger charge is 2.24. The molecule has 6 heteroatoms. The van der Waals surface area contributed by atoms with Gasteiger partial charge in [0, 0.05) is 5.54 Å². The third kappa shape index (κ3) is 3.33. The number of fused-ring (bicyclic) bond motifs is 1. The van der Waals surface area contributed by atoms with E-state index < -0.39 is 5.54 Å². The highest BCUT2D eigenvalue weighted by atomic mass is 32.1. The summed E-state index contributed by atoms with van der Waals surface area (Å²) in [5.41, 5.74) is 0.460. The van der Waals surface area contributed by atoms with Gasteiger partial charge in [0.25, 0.3) is 0 Å². The summed E-state index contributed by atoms with van der Waals surface area (Å²) in [7, 11) is 1.81. The average molecular weight is 293 g/mol. The lowest BCUT2D eigenvalue weighted by Crippen LogP contribution is -2.47. The van der Waals surface area contributed by atoms with Crippen molar-refractivity contribution in [2.45, 2.75) is 19.4 Å². The normalized spacial score (nSPS) is 12.1. The summed E-state index contributed by atoms with van der Waals surface area (Å²) in [5, 5.41) is 12.7. The highest BCUT2D eigenvalue weighted by molar-refractivity contribution is 7.22. The lowest BCUT2D eigenvalue weighted by molar-refractivity contribution is -0.118. The number of para-hydroxylation sites is 1. The Morgan fingerprint density at radius 1 is 1.45 bits per heavy atom. The molecular weight excluding hydrogens is 274 g/mol. The molecular formula is C14H19N3O2S. The lowest BCUT2D eigenvalue weighted by atomic mass is 10.1. The van der Waals surface area contributed by atoms with Crippen LogP contribution in [-0.4, -0.2) is 46.6 Å². The second-order valence-electron chi connectivity index (χ2n) is 5.36. The highest BCUT2D eigenvalue weighted by Crippen LogP contribution is 2.25. The summed E-state index contributed by atoms with van der Waals surface area (Å²) < 4.78 is 1.05. The van der Waals surface area contributed by atoms with Crippen molar-refractivity contribution in [3.63, 3.8) is 0 Å². The molecule has 20 heavy (non-hydrogen) atoms. The largest absolute Gasteiger partial charge is 0.394 e. The Bertz CT molecular complexity index is 576. The molecule has 0 saturated heterocycles. The molecule has 0 spiro atoms. The molecule has 0 aliphatic rings. The van der Waals surface area contributed by atoms with E-state index in [-0.39, 0.29) is 19.1 Å². The van der Waals surface area contributed by atoms with Gasteiger partial charge in [-0.25, -0.2) is 4.98 Å². The molecule has 2 N–H and O–H groups in total. The van der Waals surface area contributed by atoms with E-state index in [1.807, 2.05) is 50.1 Å². The van der Waals surface area contributed by atoms with E-state index in [0.29, 0.717) is 5.13 Å². The van der Waals surface area contributed by atoms with E-state index in [1.54, 1.807) is 0 Å². The lowest BCUT2D eigenvalue weighted by Gasteiger charge is -2.33. The molecule has 2 rings (SSSR count). The zero-order valence-corrected chi connectivity index (χ0v) is 12.7. The first-order valence-electron chi connectivity index (χ1n) is 6.40.